The molecule has 0 amide bonds. The van der Waals surface area contributed by atoms with Crippen LogP contribution in [0.25, 0.3) is 22.3 Å². The topological polar surface area (TPSA) is 54.4 Å². The van der Waals surface area contributed by atoms with Crippen LogP contribution in [0.1, 0.15) is 0 Å². The van der Waals surface area contributed by atoms with Crippen LogP contribution in [0.2, 0.25) is 0 Å². The third-order valence-corrected chi connectivity index (χ3v) is 7.62. The minimum absolute atomic E-state index is 0.274. The zero-order chi connectivity index (χ0) is 39.3. The fraction of sp³-hybridized carbons (Fsp3) is 0.308. The van der Waals surface area contributed by atoms with Gasteiger partial charge in [-0.1, -0.05) is 36.4 Å². The maximum atomic E-state index is 13.1. The first kappa shape index (κ1) is 42.8. The van der Waals surface area contributed by atoms with Crippen molar-refractivity contribution >= 4 is 22.7 Å². The molecule has 280 valence electrons. The van der Waals surface area contributed by atoms with Gasteiger partial charge in [0.05, 0.1) is 0 Å². The number of halogens is 19. The van der Waals surface area contributed by atoms with Crippen molar-refractivity contribution in [2.24, 2.45) is 0 Å². The van der Waals surface area contributed by atoms with E-state index in [-0.39, 0.29) is 11.6 Å². The van der Waals surface area contributed by atoms with Gasteiger partial charge in [0.1, 0.15) is 11.6 Å². The molecule has 3 aromatic rings. The van der Waals surface area contributed by atoms with Crippen LogP contribution in [0.3, 0.4) is 0 Å². The summed E-state index contributed by atoms with van der Waals surface area (Å²) in [6, 6.07) is 18.3. The number of thiol groups is 1. The Hall–Kier alpha value is -3.41. The molecule has 0 unspecified atom stereocenters. The molecule has 0 aliphatic carbocycles. The predicted molar refractivity (Wildman–Crippen MR) is 137 cm³/mol. The van der Waals surface area contributed by atoms with Gasteiger partial charge < -0.3 is 0 Å². The van der Waals surface area contributed by atoms with Crippen molar-refractivity contribution in [2.75, 3.05) is 0 Å². The molecule has 0 saturated heterocycles. The summed E-state index contributed by atoms with van der Waals surface area (Å²) in [5, 5.41) is -7.84. The normalized spacial score (nSPS) is 14.3. The van der Waals surface area contributed by atoms with Crippen LogP contribution in [-0.4, -0.2) is 59.9 Å². The van der Waals surface area contributed by atoms with Crippen LogP contribution in [0.4, 0.5) is 83.4 Å². The van der Waals surface area contributed by atoms with Crippen LogP contribution < -0.4 is 0 Å². The van der Waals surface area contributed by atoms with E-state index in [1.54, 1.807) is 24.3 Å². The molecule has 0 fully saturated rings. The van der Waals surface area contributed by atoms with E-state index in [1.165, 1.54) is 24.3 Å². The molecule has 0 aromatic heterocycles. The predicted octanol–water partition coefficient (Wildman–Crippen LogP) is 10.4. The van der Waals surface area contributed by atoms with Gasteiger partial charge >= 0.3 is 57.1 Å². The monoisotopic (exact) mass is 798 g/mol. The van der Waals surface area contributed by atoms with E-state index in [9.17, 15) is 91.8 Å². The van der Waals surface area contributed by atoms with Crippen molar-refractivity contribution in [2.45, 2.75) is 51.9 Å². The van der Waals surface area contributed by atoms with Crippen LogP contribution in [0, 0.1) is 11.6 Å². The number of benzene rings is 3. The van der Waals surface area contributed by atoms with Gasteiger partial charge in [-0.05, 0) is 47.0 Å². The van der Waals surface area contributed by atoms with E-state index in [1.807, 2.05) is 18.2 Å². The number of hydrogen-bond donors (Lipinski definition) is 2. The molecule has 3 nitrogen and oxygen atoms in total. The molecule has 3 rings (SSSR count). The van der Waals surface area contributed by atoms with Gasteiger partial charge in [0.2, 0.25) is 0 Å². The molecule has 50 heavy (non-hydrogen) atoms. The molecule has 0 bridgehead atoms. The summed E-state index contributed by atoms with van der Waals surface area (Å²) >= 11 is 4.51. The molecule has 0 atom stereocenters. The van der Waals surface area contributed by atoms with Gasteiger partial charge in [0.15, 0.2) is 0 Å². The SMILES string of the molecule is Fc1ccc(-c2cccc(S)c2-c2ccc(F)cc2)cc1.O=S(=O)(O)C(F)(F)C(F)(F)C(F)(F)C(F)(F)C(F)(F)C(F)(F)C(F)(F)C(F)(F)F. The molecule has 0 aliphatic heterocycles. The molecule has 0 saturated carbocycles. The molecule has 0 heterocycles. The second-order valence-electron chi connectivity index (χ2n) is 9.65. The Morgan fingerprint density at radius 1 is 0.480 bits per heavy atom. The lowest BCUT2D eigenvalue weighted by molar-refractivity contribution is -0.458. The van der Waals surface area contributed by atoms with Crippen LogP contribution in [0.5, 0.6) is 0 Å². The summed E-state index contributed by atoms with van der Waals surface area (Å²) < 4.78 is 269. The zero-order valence-electron chi connectivity index (χ0n) is 23.2. The van der Waals surface area contributed by atoms with Crippen LogP contribution in [-0.2, 0) is 10.1 Å². The van der Waals surface area contributed by atoms with Crippen molar-refractivity contribution < 1.29 is 96.4 Å². The third-order valence-electron chi connectivity index (χ3n) is 6.35. The highest BCUT2D eigenvalue weighted by molar-refractivity contribution is 7.87. The van der Waals surface area contributed by atoms with E-state index in [4.69, 9.17) is 4.55 Å². The van der Waals surface area contributed by atoms with Crippen molar-refractivity contribution in [3.63, 3.8) is 0 Å². The molecular weight excluding hydrogens is 785 g/mol. The molecule has 24 heteroatoms. The molecular formula is C26H13F19O3S2. The highest BCUT2D eigenvalue weighted by Gasteiger charge is 2.96. The summed E-state index contributed by atoms with van der Waals surface area (Å²) in [6.45, 7) is 0. The lowest BCUT2D eigenvalue weighted by Crippen LogP contribution is -2.74. The minimum atomic E-state index is -8.89. The van der Waals surface area contributed by atoms with E-state index >= 15 is 0 Å². The first-order valence-corrected chi connectivity index (χ1v) is 14.1. The lowest BCUT2D eigenvalue weighted by Gasteiger charge is -2.42. The summed E-state index contributed by atoms with van der Waals surface area (Å²) in [7, 11) is -7.89. The minimum Gasteiger partial charge on any atom is -0.281 e. The molecule has 0 aliphatic rings. The quantitative estimate of drug-likeness (QED) is 0.129. The number of hydrogen-bond acceptors (Lipinski definition) is 3. The van der Waals surface area contributed by atoms with E-state index in [0.29, 0.717) is 0 Å². The van der Waals surface area contributed by atoms with Crippen molar-refractivity contribution in [1.82, 2.24) is 0 Å². The van der Waals surface area contributed by atoms with E-state index in [0.717, 1.165) is 27.1 Å². The zero-order valence-corrected chi connectivity index (χ0v) is 24.9. The fourth-order valence-corrected chi connectivity index (χ4v) is 4.43. The second kappa shape index (κ2) is 13.3. The van der Waals surface area contributed by atoms with Gasteiger partial charge in [0.25, 0.3) is 0 Å². The highest BCUT2D eigenvalue weighted by atomic mass is 32.2. The Bertz CT molecular complexity index is 1770. The van der Waals surface area contributed by atoms with E-state index in [2.05, 4.69) is 12.6 Å². The van der Waals surface area contributed by atoms with Gasteiger partial charge in [-0.25, -0.2) is 8.78 Å². The Balaban J connectivity index is 0.000000361. The van der Waals surface area contributed by atoms with Crippen LogP contribution >= 0.6 is 12.6 Å². The summed E-state index contributed by atoms with van der Waals surface area (Å²) in [6.07, 6.45) is -7.88. The third kappa shape index (κ3) is 6.93. The Kier molecular flexibility index (Phi) is 11.4. The average Bonchev–Trinajstić information content (AvgIpc) is 2.96. The van der Waals surface area contributed by atoms with Crippen molar-refractivity contribution in [3.8, 4) is 22.3 Å². The first-order valence-electron chi connectivity index (χ1n) is 12.2. The van der Waals surface area contributed by atoms with Gasteiger partial charge in [-0.3, -0.25) is 4.55 Å². The Morgan fingerprint density at radius 2 is 0.820 bits per heavy atom. The maximum absolute atomic E-state index is 13.1. The largest absolute Gasteiger partial charge is 0.460 e. The van der Waals surface area contributed by atoms with Crippen molar-refractivity contribution in [3.05, 3.63) is 78.4 Å². The summed E-state index contributed by atoms with van der Waals surface area (Å²) in [4.78, 5) is 0.795. The maximum Gasteiger partial charge on any atom is 0.460 e. The summed E-state index contributed by atoms with van der Waals surface area (Å²) in [5.74, 6) is -52.5. The Morgan fingerprint density at radius 3 is 1.18 bits per heavy atom. The van der Waals surface area contributed by atoms with Crippen LogP contribution in [0.15, 0.2) is 71.6 Å². The Labute approximate surface area is 271 Å². The standard InChI is InChI=1S/C18H12F2S.C8HF17O3S/c19-14-8-4-12(5-9-14)16-2-1-3-17(21)18(16)13-6-10-15(20)11-7-13;9-1(10,3(13,14)5(17,18)7(21,22)23)2(11,12)4(15,16)6(19,20)8(24,25)29(26,27)28/h1-11,21H;(H,26,27,28). The molecule has 0 radical (unpaired) electrons. The number of alkyl halides is 17. The summed E-state index contributed by atoms with van der Waals surface area (Å²) in [5.41, 5.74) is 3.62. The lowest BCUT2D eigenvalue weighted by atomic mass is 9.91. The first-order chi connectivity index (χ1) is 22.1. The molecule has 1 N–H and O–H groups in total. The van der Waals surface area contributed by atoms with E-state index < -0.39 is 57.1 Å². The molecule has 3 aromatic carbocycles. The van der Waals surface area contributed by atoms with Gasteiger partial charge in [-0.15, -0.1) is 12.6 Å². The van der Waals surface area contributed by atoms with Gasteiger partial charge in [0, 0.05) is 10.5 Å². The second-order valence-corrected chi connectivity index (χ2v) is 11.6. The fourth-order valence-electron chi connectivity index (χ4n) is 3.64. The number of rotatable bonds is 9. The average molecular weight is 798 g/mol. The van der Waals surface area contributed by atoms with Gasteiger partial charge in [-0.2, -0.15) is 83.1 Å². The smallest absolute Gasteiger partial charge is 0.281 e. The highest BCUT2D eigenvalue weighted by Crippen LogP contribution is 2.64. The van der Waals surface area contributed by atoms with Crippen molar-refractivity contribution in [1.29, 1.82) is 0 Å². The molecule has 0 spiro atoms.